The van der Waals surface area contributed by atoms with Crippen LogP contribution in [0.1, 0.15) is 25.8 Å². The van der Waals surface area contributed by atoms with Crippen LogP contribution in [0.4, 0.5) is 5.69 Å². The summed E-state index contributed by atoms with van der Waals surface area (Å²) >= 11 is 0. The first-order chi connectivity index (χ1) is 8.56. The number of nitro benzene ring substituents is 1. The van der Waals surface area contributed by atoms with E-state index in [0.29, 0.717) is 30.4 Å². The largest absolute Gasteiger partial charge is 0.487 e. The SMILES string of the molecule is CNCc1cccc(OCCC(C)C)c1[N+](=O)[O-]. The maximum atomic E-state index is 11.1. The molecule has 1 N–H and O–H groups in total. The molecule has 0 aliphatic heterocycles. The minimum Gasteiger partial charge on any atom is -0.487 e. The van der Waals surface area contributed by atoms with Crippen LogP contribution in [-0.2, 0) is 6.54 Å². The van der Waals surface area contributed by atoms with Crippen molar-refractivity contribution in [3.05, 3.63) is 33.9 Å². The average Bonchev–Trinajstić information content (AvgIpc) is 2.28. The molecule has 1 aromatic carbocycles. The Labute approximate surface area is 107 Å². The molecule has 0 aliphatic carbocycles. The average molecular weight is 252 g/mol. The molecule has 0 amide bonds. The van der Waals surface area contributed by atoms with Crippen molar-refractivity contribution < 1.29 is 9.66 Å². The van der Waals surface area contributed by atoms with Crippen LogP contribution >= 0.6 is 0 Å². The monoisotopic (exact) mass is 252 g/mol. The molecule has 0 atom stereocenters. The fourth-order valence-electron chi connectivity index (χ4n) is 1.63. The summed E-state index contributed by atoms with van der Waals surface area (Å²) in [5.74, 6) is 0.873. The molecule has 0 saturated heterocycles. The van der Waals surface area contributed by atoms with E-state index in [4.69, 9.17) is 4.74 Å². The zero-order valence-electron chi connectivity index (χ0n) is 11.1. The maximum absolute atomic E-state index is 11.1. The number of rotatable bonds is 7. The zero-order chi connectivity index (χ0) is 13.5. The second-order valence-electron chi connectivity index (χ2n) is 4.58. The summed E-state index contributed by atoms with van der Waals surface area (Å²) in [6, 6.07) is 5.17. The van der Waals surface area contributed by atoms with Crippen LogP contribution in [0.3, 0.4) is 0 Å². The Hall–Kier alpha value is -1.62. The van der Waals surface area contributed by atoms with Crippen LogP contribution in [0.15, 0.2) is 18.2 Å². The van der Waals surface area contributed by atoms with E-state index in [1.54, 1.807) is 25.2 Å². The number of nitro groups is 1. The van der Waals surface area contributed by atoms with Gasteiger partial charge >= 0.3 is 5.69 Å². The minimum atomic E-state index is -0.378. The number of nitrogens with one attached hydrogen (secondary N) is 1. The first-order valence-corrected chi connectivity index (χ1v) is 6.10. The van der Waals surface area contributed by atoms with Gasteiger partial charge in [0.15, 0.2) is 5.75 Å². The van der Waals surface area contributed by atoms with Gasteiger partial charge in [0.25, 0.3) is 0 Å². The third kappa shape index (κ3) is 4.00. The first-order valence-electron chi connectivity index (χ1n) is 6.10. The van der Waals surface area contributed by atoms with Crippen LogP contribution in [-0.4, -0.2) is 18.6 Å². The molecule has 1 aromatic rings. The molecule has 0 unspecified atom stereocenters. The molecule has 0 saturated carbocycles. The number of para-hydroxylation sites is 1. The predicted molar refractivity (Wildman–Crippen MR) is 70.8 cm³/mol. The van der Waals surface area contributed by atoms with Gasteiger partial charge in [-0.15, -0.1) is 0 Å². The number of ether oxygens (including phenoxy) is 1. The van der Waals surface area contributed by atoms with Gasteiger partial charge in [0.05, 0.1) is 11.5 Å². The van der Waals surface area contributed by atoms with Gasteiger partial charge < -0.3 is 10.1 Å². The molecule has 0 bridgehead atoms. The lowest BCUT2D eigenvalue weighted by atomic mass is 10.1. The molecule has 0 aliphatic rings. The quantitative estimate of drug-likeness (QED) is 0.598. The summed E-state index contributed by atoms with van der Waals surface area (Å²) < 4.78 is 5.53. The van der Waals surface area contributed by atoms with Crippen molar-refractivity contribution in [3.8, 4) is 5.75 Å². The van der Waals surface area contributed by atoms with Crippen LogP contribution in [0.5, 0.6) is 5.75 Å². The summed E-state index contributed by atoms with van der Waals surface area (Å²) in [5, 5.41) is 14.0. The number of hydrogen-bond acceptors (Lipinski definition) is 4. The van der Waals surface area contributed by atoms with Gasteiger partial charge in [-0.1, -0.05) is 26.0 Å². The van der Waals surface area contributed by atoms with E-state index in [1.807, 2.05) is 0 Å². The minimum absolute atomic E-state index is 0.0654. The second kappa shape index (κ2) is 6.96. The van der Waals surface area contributed by atoms with E-state index < -0.39 is 0 Å². The van der Waals surface area contributed by atoms with E-state index >= 15 is 0 Å². The lowest BCUT2D eigenvalue weighted by molar-refractivity contribution is -0.386. The maximum Gasteiger partial charge on any atom is 0.315 e. The zero-order valence-corrected chi connectivity index (χ0v) is 11.1. The predicted octanol–water partition coefficient (Wildman–Crippen LogP) is 2.74. The van der Waals surface area contributed by atoms with Gasteiger partial charge in [-0.05, 0) is 25.5 Å². The number of hydrogen-bond donors (Lipinski definition) is 1. The molecule has 5 nitrogen and oxygen atoms in total. The Kier molecular flexibility index (Phi) is 5.58. The van der Waals surface area contributed by atoms with Gasteiger partial charge in [0.1, 0.15) is 0 Å². The van der Waals surface area contributed by atoms with Crippen molar-refractivity contribution >= 4 is 5.69 Å². The smallest absolute Gasteiger partial charge is 0.315 e. The van der Waals surface area contributed by atoms with Crippen molar-refractivity contribution in [1.29, 1.82) is 0 Å². The topological polar surface area (TPSA) is 64.4 Å². The van der Waals surface area contributed by atoms with Crippen molar-refractivity contribution in [1.82, 2.24) is 5.32 Å². The van der Waals surface area contributed by atoms with Crippen LogP contribution < -0.4 is 10.1 Å². The standard InChI is InChI=1S/C13H20N2O3/c1-10(2)7-8-18-12-6-4-5-11(9-14-3)13(12)15(16)17/h4-6,10,14H,7-9H2,1-3H3. The van der Waals surface area contributed by atoms with Gasteiger partial charge in [-0.25, -0.2) is 0 Å². The van der Waals surface area contributed by atoms with Gasteiger partial charge in [0.2, 0.25) is 0 Å². The Balaban J connectivity index is 2.88. The number of benzene rings is 1. The molecule has 100 valence electrons. The molecular formula is C13H20N2O3. The Bertz CT molecular complexity index is 405. The molecule has 0 fully saturated rings. The van der Waals surface area contributed by atoms with E-state index in [9.17, 15) is 10.1 Å². The molecule has 1 rings (SSSR count). The number of nitrogens with zero attached hydrogens (tertiary/aromatic N) is 1. The van der Waals surface area contributed by atoms with Crippen LogP contribution in [0, 0.1) is 16.0 Å². The normalized spacial score (nSPS) is 10.7. The summed E-state index contributed by atoms with van der Waals surface area (Å²) in [7, 11) is 1.76. The molecule has 18 heavy (non-hydrogen) atoms. The third-order valence-corrected chi connectivity index (χ3v) is 2.59. The molecule has 0 spiro atoms. The Morgan fingerprint density at radius 2 is 2.17 bits per heavy atom. The highest BCUT2D eigenvalue weighted by atomic mass is 16.6. The summed E-state index contributed by atoms with van der Waals surface area (Å²) in [6.45, 7) is 5.14. The van der Waals surface area contributed by atoms with Gasteiger partial charge in [-0.3, -0.25) is 10.1 Å². The lowest BCUT2D eigenvalue weighted by Crippen LogP contribution is -2.09. The molecular weight excluding hydrogens is 232 g/mol. The lowest BCUT2D eigenvalue weighted by Gasteiger charge is -2.10. The van der Waals surface area contributed by atoms with Crippen molar-refractivity contribution in [2.45, 2.75) is 26.8 Å². The van der Waals surface area contributed by atoms with Crippen LogP contribution in [0.2, 0.25) is 0 Å². The van der Waals surface area contributed by atoms with E-state index in [-0.39, 0.29) is 10.6 Å². The fourth-order valence-corrected chi connectivity index (χ4v) is 1.63. The summed E-state index contributed by atoms with van der Waals surface area (Å²) in [6.07, 6.45) is 0.882. The Morgan fingerprint density at radius 1 is 1.44 bits per heavy atom. The molecule has 0 heterocycles. The van der Waals surface area contributed by atoms with Gasteiger partial charge in [-0.2, -0.15) is 0 Å². The Morgan fingerprint density at radius 3 is 2.72 bits per heavy atom. The highest BCUT2D eigenvalue weighted by Crippen LogP contribution is 2.31. The van der Waals surface area contributed by atoms with E-state index in [0.717, 1.165) is 6.42 Å². The highest BCUT2D eigenvalue weighted by molar-refractivity contribution is 5.52. The third-order valence-electron chi connectivity index (χ3n) is 2.59. The second-order valence-corrected chi connectivity index (χ2v) is 4.58. The molecule has 0 aromatic heterocycles. The summed E-state index contributed by atoms with van der Waals surface area (Å²) in [5.41, 5.74) is 0.708. The molecule has 0 radical (unpaired) electrons. The van der Waals surface area contributed by atoms with Crippen molar-refractivity contribution in [3.63, 3.8) is 0 Å². The fraction of sp³-hybridized carbons (Fsp3) is 0.538. The van der Waals surface area contributed by atoms with Crippen LogP contribution in [0.25, 0.3) is 0 Å². The first kappa shape index (κ1) is 14.4. The van der Waals surface area contributed by atoms with E-state index in [2.05, 4.69) is 19.2 Å². The summed E-state index contributed by atoms with van der Waals surface area (Å²) in [4.78, 5) is 10.7. The van der Waals surface area contributed by atoms with Crippen molar-refractivity contribution in [2.75, 3.05) is 13.7 Å². The molecule has 5 heteroatoms. The van der Waals surface area contributed by atoms with Gasteiger partial charge in [0, 0.05) is 12.1 Å². The highest BCUT2D eigenvalue weighted by Gasteiger charge is 2.20. The van der Waals surface area contributed by atoms with Crippen molar-refractivity contribution in [2.24, 2.45) is 5.92 Å². The van der Waals surface area contributed by atoms with E-state index in [1.165, 1.54) is 0 Å².